The Kier molecular flexibility index (Phi) is 4.81. The summed E-state index contributed by atoms with van der Waals surface area (Å²) in [6, 6.07) is 0. The van der Waals surface area contributed by atoms with Crippen molar-refractivity contribution in [2.45, 2.75) is 44.9 Å². The summed E-state index contributed by atoms with van der Waals surface area (Å²) in [7, 11) is 0. The molecule has 70 valence electrons. The van der Waals surface area contributed by atoms with Gasteiger partial charge in [-0.2, -0.15) is 0 Å². The second kappa shape index (κ2) is 6.04. The zero-order chi connectivity index (χ0) is 8.65. The van der Waals surface area contributed by atoms with Crippen LogP contribution in [-0.4, -0.2) is 13.1 Å². The molecule has 0 unspecified atom stereocenters. The smallest absolute Gasteiger partial charge is 0.293 e. The minimum atomic E-state index is 0.543. The predicted octanol–water partition coefficient (Wildman–Crippen LogP) is 2.52. The number of carbonyl (C=O) groups excluding carboxylic acids is 1. The largest absolute Gasteiger partial charge is 0.468 e. The third kappa shape index (κ3) is 3.74. The van der Waals surface area contributed by atoms with Crippen molar-refractivity contribution in [3.63, 3.8) is 0 Å². The molecule has 0 bridgehead atoms. The summed E-state index contributed by atoms with van der Waals surface area (Å²) in [6.45, 7) is 1.15. The van der Waals surface area contributed by atoms with Gasteiger partial charge in [-0.3, -0.25) is 4.79 Å². The van der Waals surface area contributed by atoms with Crippen molar-refractivity contribution < 1.29 is 9.53 Å². The van der Waals surface area contributed by atoms with Gasteiger partial charge in [0, 0.05) is 0 Å². The topological polar surface area (TPSA) is 26.3 Å². The fourth-order valence-corrected chi connectivity index (χ4v) is 1.98. The lowest BCUT2D eigenvalue weighted by Gasteiger charge is -2.20. The first-order valence-corrected chi connectivity index (χ1v) is 4.98. The van der Waals surface area contributed by atoms with Crippen molar-refractivity contribution in [1.82, 2.24) is 0 Å². The molecule has 0 aromatic heterocycles. The number of carbonyl (C=O) groups is 1. The molecule has 0 aromatic carbocycles. The summed E-state index contributed by atoms with van der Waals surface area (Å²) >= 11 is 0. The van der Waals surface area contributed by atoms with Gasteiger partial charge in [-0.25, -0.2) is 0 Å². The molecule has 1 saturated carbocycles. The average molecular weight is 170 g/mol. The molecule has 0 aromatic rings. The van der Waals surface area contributed by atoms with E-state index in [0.717, 1.165) is 12.3 Å². The lowest BCUT2D eigenvalue weighted by molar-refractivity contribution is -0.128. The molecule has 2 nitrogen and oxygen atoms in total. The Morgan fingerprint density at radius 1 is 1.25 bits per heavy atom. The highest BCUT2D eigenvalue weighted by molar-refractivity contribution is 5.36. The molecule has 1 aliphatic rings. The number of hydrogen-bond acceptors (Lipinski definition) is 2. The standard InChI is InChI=1S/C10H18O2/c11-9-12-8-4-7-10-5-2-1-3-6-10/h9-10H,1-8H2. The predicted molar refractivity (Wildman–Crippen MR) is 47.8 cm³/mol. The molecule has 0 amide bonds. The van der Waals surface area contributed by atoms with Gasteiger partial charge < -0.3 is 4.74 Å². The molecule has 0 N–H and O–H groups in total. The summed E-state index contributed by atoms with van der Waals surface area (Å²) in [6.07, 6.45) is 9.29. The number of rotatable bonds is 5. The van der Waals surface area contributed by atoms with E-state index < -0.39 is 0 Å². The zero-order valence-corrected chi connectivity index (χ0v) is 7.63. The summed E-state index contributed by atoms with van der Waals surface area (Å²) in [5, 5.41) is 0. The fourth-order valence-electron chi connectivity index (χ4n) is 1.98. The normalized spacial score (nSPS) is 19.0. The minimum Gasteiger partial charge on any atom is -0.468 e. The molecular weight excluding hydrogens is 152 g/mol. The first kappa shape index (κ1) is 9.56. The van der Waals surface area contributed by atoms with Crippen LogP contribution >= 0.6 is 0 Å². The summed E-state index contributed by atoms with van der Waals surface area (Å²) in [4.78, 5) is 9.83. The Hall–Kier alpha value is -0.530. The number of ether oxygens (including phenoxy) is 1. The number of hydrogen-bond donors (Lipinski definition) is 0. The van der Waals surface area contributed by atoms with E-state index in [0.29, 0.717) is 13.1 Å². The van der Waals surface area contributed by atoms with Crippen LogP contribution in [0.1, 0.15) is 44.9 Å². The molecular formula is C10H18O2. The minimum absolute atomic E-state index is 0.543. The fraction of sp³-hybridized carbons (Fsp3) is 0.900. The zero-order valence-electron chi connectivity index (χ0n) is 7.63. The monoisotopic (exact) mass is 170 g/mol. The molecule has 0 heterocycles. The van der Waals surface area contributed by atoms with E-state index in [1.807, 2.05) is 0 Å². The Labute approximate surface area is 74.3 Å². The molecule has 0 aliphatic heterocycles. The Balaban J connectivity index is 1.94. The Morgan fingerprint density at radius 2 is 2.00 bits per heavy atom. The van der Waals surface area contributed by atoms with Crippen LogP contribution in [0, 0.1) is 5.92 Å². The van der Waals surface area contributed by atoms with E-state index >= 15 is 0 Å². The maximum absolute atomic E-state index is 9.83. The van der Waals surface area contributed by atoms with Crippen LogP contribution in [0.15, 0.2) is 0 Å². The van der Waals surface area contributed by atoms with Crippen molar-refractivity contribution >= 4 is 6.47 Å². The molecule has 0 spiro atoms. The Bertz CT molecular complexity index is 117. The highest BCUT2D eigenvalue weighted by Crippen LogP contribution is 2.26. The van der Waals surface area contributed by atoms with Crippen LogP contribution in [0.3, 0.4) is 0 Å². The van der Waals surface area contributed by atoms with Crippen molar-refractivity contribution in [2.24, 2.45) is 5.92 Å². The molecule has 0 saturated heterocycles. The van der Waals surface area contributed by atoms with E-state index in [4.69, 9.17) is 0 Å². The van der Waals surface area contributed by atoms with Crippen LogP contribution in [0.5, 0.6) is 0 Å². The second-order valence-corrected chi connectivity index (χ2v) is 3.61. The average Bonchev–Trinajstić information content (AvgIpc) is 2.14. The van der Waals surface area contributed by atoms with Crippen molar-refractivity contribution in [2.75, 3.05) is 6.61 Å². The summed E-state index contributed by atoms with van der Waals surface area (Å²) < 4.78 is 4.64. The third-order valence-electron chi connectivity index (χ3n) is 2.67. The van der Waals surface area contributed by atoms with Gasteiger partial charge in [0.2, 0.25) is 0 Å². The van der Waals surface area contributed by atoms with Gasteiger partial charge in [0.15, 0.2) is 0 Å². The van der Waals surface area contributed by atoms with Crippen molar-refractivity contribution in [3.05, 3.63) is 0 Å². The van der Waals surface area contributed by atoms with Crippen molar-refractivity contribution in [3.8, 4) is 0 Å². The van der Waals surface area contributed by atoms with Gasteiger partial charge in [0.25, 0.3) is 6.47 Å². The quantitative estimate of drug-likeness (QED) is 0.468. The van der Waals surface area contributed by atoms with E-state index in [9.17, 15) is 4.79 Å². The molecule has 1 aliphatic carbocycles. The van der Waals surface area contributed by atoms with E-state index in [1.54, 1.807) is 0 Å². The maximum Gasteiger partial charge on any atom is 0.293 e. The van der Waals surface area contributed by atoms with Crippen LogP contribution in [0.2, 0.25) is 0 Å². The molecule has 12 heavy (non-hydrogen) atoms. The first-order chi connectivity index (χ1) is 5.93. The van der Waals surface area contributed by atoms with Crippen LogP contribution < -0.4 is 0 Å². The van der Waals surface area contributed by atoms with Gasteiger partial charge in [-0.05, 0) is 18.8 Å². The van der Waals surface area contributed by atoms with Gasteiger partial charge >= 0.3 is 0 Å². The summed E-state index contributed by atoms with van der Waals surface area (Å²) in [5.74, 6) is 0.911. The second-order valence-electron chi connectivity index (χ2n) is 3.61. The highest BCUT2D eigenvalue weighted by atomic mass is 16.5. The summed E-state index contributed by atoms with van der Waals surface area (Å²) in [5.41, 5.74) is 0. The van der Waals surface area contributed by atoms with Gasteiger partial charge in [-0.1, -0.05) is 32.1 Å². The van der Waals surface area contributed by atoms with Crippen LogP contribution in [0.25, 0.3) is 0 Å². The molecule has 2 heteroatoms. The van der Waals surface area contributed by atoms with Gasteiger partial charge in [0.05, 0.1) is 6.61 Å². The van der Waals surface area contributed by atoms with Gasteiger partial charge in [0.1, 0.15) is 0 Å². The lowest BCUT2D eigenvalue weighted by Crippen LogP contribution is -2.07. The molecule has 0 atom stereocenters. The highest BCUT2D eigenvalue weighted by Gasteiger charge is 2.12. The SMILES string of the molecule is O=COCCCC1CCCCC1. The first-order valence-electron chi connectivity index (χ1n) is 4.98. The lowest BCUT2D eigenvalue weighted by atomic mass is 9.86. The van der Waals surface area contributed by atoms with E-state index in [2.05, 4.69) is 4.74 Å². The molecule has 1 rings (SSSR count). The third-order valence-corrected chi connectivity index (χ3v) is 2.67. The van der Waals surface area contributed by atoms with Crippen LogP contribution in [-0.2, 0) is 9.53 Å². The maximum atomic E-state index is 9.83. The van der Waals surface area contributed by atoms with E-state index in [-0.39, 0.29) is 0 Å². The Morgan fingerprint density at radius 3 is 2.67 bits per heavy atom. The van der Waals surface area contributed by atoms with Crippen LogP contribution in [0.4, 0.5) is 0 Å². The molecule has 1 fully saturated rings. The van der Waals surface area contributed by atoms with Crippen molar-refractivity contribution in [1.29, 1.82) is 0 Å². The van der Waals surface area contributed by atoms with E-state index in [1.165, 1.54) is 38.5 Å². The van der Waals surface area contributed by atoms with Gasteiger partial charge in [-0.15, -0.1) is 0 Å². The molecule has 0 radical (unpaired) electrons.